The van der Waals surface area contributed by atoms with Crippen LogP contribution in [-0.2, 0) is 29.2 Å². The lowest BCUT2D eigenvalue weighted by molar-refractivity contribution is -0.139. The van der Waals surface area contributed by atoms with Crippen LogP contribution in [-0.4, -0.2) is 55.8 Å². The maximum Gasteiger partial charge on any atom is 0.516 e. The lowest BCUT2D eigenvalue weighted by atomic mass is 9.92. The first kappa shape index (κ1) is 24.6. The van der Waals surface area contributed by atoms with Crippen molar-refractivity contribution in [3.63, 3.8) is 0 Å². The molecule has 0 radical (unpaired) electrons. The van der Waals surface area contributed by atoms with Gasteiger partial charge in [-0.3, -0.25) is 9.59 Å². The molecule has 2 amide bonds. The Balaban J connectivity index is 1.62. The van der Waals surface area contributed by atoms with Crippen LogP contribution in [0.3, 0.4) is 0 Å². The van der Waals surface area contributed by atoms with E-state index in [0.29, 0.717) is 6.07 Å². The Hall–Kier alpha value is -3.07. The fourth-order valence-electron chi connectivity index (χ4n) is 3.12. The lowest BCUT2D eigenvalue weighted by Crippen LogP contribution is -2.50. The van der Waals surface area contributed by atoms with Crippen LogP contribution in [0.15, 0.2) is 36.0 Å². The van der Waals surface area contributed by atoms with Crippen molar-refractivity contribution in [1.29, 1.82) is 0 Å². The highest BCUT2D eigenvalue weighted by Gasteiger charge is 2.49. The van der Waals surface area contributed by atoms with E-state index in [1.165, 1.54) is 0 Å². The van der Waals surface area contributed by atoms with E-state index in [-0.39, 0.29) is 30.7 Å². The molecule has 1 aromatic carbocycles. The van der Waals surface area contributed by atoms with Gasteiger partial charge in [0.05, 0.1) is 18.4 Å². The number of amides is 2. The highest BCUT2D eigenvalue weighted by atomic mass is 32.2. The third-order valence-electron chi connectivity index (χ3n) is 4.82. The Morgan fingerprint density at radius 1 is 1.21 bits per heavy atom. The topological polar surface area (TPSA) is 123 Å². The summed E-state index contributed by atoms with van der Waals surface area (Å²) in [5, 5.41) is 6.15. The van der Waals surface area contributed by atoms with Gasteiger partial charge in [0.15, 0.2) is 0 Å². The molecule has 3 atom stereocenters. The van der Waals surface area contributed by atoms with Crippen molar-refractivity contribution in [2.24, 2.45) is 5.16 Å². The number of oxime groups is 1. The molecule has 2 heterocycles. The van der Waals surface area contributed by atoms with E-state index < -0.39 is 56.7 Å². The average molecular weight is 497 g/mol. The fourth-order valence-corrected chi connectivity index (χ4v) is 3.63. The SMILES string of the molecule is C=CC1(C(=O)N[C@H]2CO[C@@H](C(=O)NS(=O)(=O)C(F)(F)F)C2)CC(c2cc(F)cc(F)c2)=NO1. The third-order valence-corrected chi connectivity index (χ3v) is 5.90. The van der Waals surface area contributed by atoms with Crippen molar-refractivity contribution in [2.45, 2.75) is 36.1 Å². The molecule has 15 heteroatoms. The Kier molecular flexibility index (Phi) is 6.48. The summed E-state index contributed by atoms with van der Waals surface area (Å²) in [5.41, 5.74) is -7.36. The molecular weight excluding hydrogens is 481 g/mol. The summed E-state index contributed by atoms with van der Waals surface area (Å²) >= 11 is 0. The summed E-state index contributed by atoms with van der Waals surface area (Å²) in [6.07, 6.45) is -1.04. The molecule has 1 aromatic rings. The predicted molar refractivity (Wildman–Crippen MR) is 101 cm³/mol. The number of nitrogens with zero attached hydrogens (tertiary/aromatic N) is 1. The summed E-state index contributed by atoms with van der Waals surface area (Å²) in [7, 11) is -5.91. The van der Waals surface area contributed by atoms with Crippen LogP contribution in [0.2, 0.25) is 0 Å². The lowest BCUT2D eigenvalue weighted by Gasteiger charge is -2.23. The molecule has 1 saturated heterocycles. The van der Waals surface area contributed by atoms with Crippen molar-refractivity contribution in [2.75, 3.05) is 6.61 Å². The van der Waals surface area contributed by atoms with E-state index in [1.807, 2.05) is 0 Å². The van der Waals surface area contributed by atoms with Crippen LogP contribution in [0.4, 0.5) is 22.0 Å². The first-order valence-corrected chi connectivity index (χ1v) is 10.7. The van der Waals surface area contributed by atoms with E-state index in [0.717, 1.165) is 22.9 Å². The van der Waals surface area contributed by atoms with Crippen molar-refractivity contribution in [3.05, 3.63) is 48.1 Å². The van der Waals surface area contributed by atoms with Crippen molar-refractivity contribution in [1.82, 2.24) is 10.0 Å². The highest BCUT2D eigenvalue weighted by molar-refractivity contribution is 7.90. The number of hydrogen-bond acceptors (Lipinski definition) is 7. The maximum absolute atomic E-state index is 13.5. The monoisotopic (exact) mass is 497 g/mol. The molecule has 9 nitrogen and oxygen atoms in total. The summed E-state index contributed by atoms with van der Waals surface area (Å²) in [6, 6.07) is 1.74. The van der Waals surface area contributed by atoms with E-state index in [9.17, 15) is 40.0 Å². The molecule has 2 aliphatic rings. The second-order valence-electron chi connectivity index (χ2n) is 7.20. The average Bonchev–Trinajstić information content (AvgIpc) is 3.34. The smallest absolute Gasteiger partial charge is 0.374 e. The molecule has 0 spiro atoms. The van der Waals surface area contributed by atoms with Crippen LogP contribution < -0.4 is 10.0 Å². The number of benzene rings is 1. The predicted octanol–water partition coefficient (Wildman–Crippen LogP) is 1.25. The number of sulfonamides is 1. The molecule has 0 bridgehead atoms. The number of carbonyl (C=O) groups is 2. The number of carbonyl (C=O) groups excluding carboxylic acids is 2. The molecule has 2 aliphatic heterocycles. The molecule has 1 unspecified atom stereocenters. The zero-order valence-electron chi connectivity index (χ0n) is 16.5. The van der Waals surface area contributed by atoms with Gasteiger partial charge < -0.3 is 14.9 Å². The normalized spacial score (nSPS) is 25.2. The van der Waals surface area contributed by atoms with Crippen LogP contribution in [0.25, 0.3) is 0 Å². The van der Waals surface area contributed by atoms with Gasteiger partial charge in [0.2, 0.25) is 5.60 Å². The number of halogens is 5. The van der Waals surface area contributed by atoms with Crippen LogP contribution in [0, 0.1) is 11.6 Å². The van der Waals surface area contributed by atoms with E-state index in [4.69, 9.17) is 9.57 Å². The van der Waals surface area contributed by atoms with Crippen LogP contribution in [0.1, 0.15) is 18.4 Å². The summed E-state index contributed by atoms with van der Waals surface area (Å²) < 4.78 is 92.1. The first-order valence-electron chi connectivity index (χ1n) is 9.17. The number of rotatable bonds is 6. The molecular formula is C18H16F5N3O6S. The summed E-state index contributed by atoms with van der Waals surface area (Å²) in [4.78, 5) is 29.8. The summed E-state index contributed by atoms with van der Waals surface area (Å²) in [5.74, 6) is -4.09. The Bertz CT molecular complexity index is 1100. The van der Waals surface area contributed by atoms with Gasteiger partial charge in [-0.1, -0.05) is 11.7 Å². The zero-order chi connectivity index (χ0) is 24.6. The van der Waals surface area contributed by atoms with E-state index in [1.54, 1.807) is 0 Å². The van der Waals surface area contributed by atoms with E-state index in [2.05, 4.69) is 17.1 Å². The van der Waals surface area contributed by atoms with Gasteiger partial charge in [0.1, 0.15) is 17.7 Å². The fraction of sp³-hybridized carbons (Fsp3) is 0.389. The van der Waals surface area contributed by atoms with Crippen molar-refractivity contribution < 1.29 is 49.5 Å². The molecule has 33 heavy (non-hydrogen) atoms. The number of nitrogens with one attached hydrogen (secondary N) is 2. The van der Waals surface area contributed by atoms with Gasteiger partial charge >= 0.3 is 15.5 Å². The molecule has 0 aromatic heterocycles. The van der Waals surface area contributed by atoms with Crippen LogP contribution in [0.5, 0.6) is 0 Å². The van der Waals surface area contributed by atoms with E-state index >= 15 is 0 Å². The molecule has 3 rings (SSSR count). The molecule has 1 fully saturated rings. The number of ether oxygens (including phenoxy) is 1. The first-order chi connectivity index (χ1) is 15.3. The second kappa shape index (κ2) is 8.70. The maximum atomic E-state index is 13.5. The Morgan fingerprint density at radius 3 is 2.42 bits per heavy atom. The Labute approximate surface area is 183 Å². The van der Waals surface area contributed by atoms with Gasteiger partial charge in [-0.2, -0.15) is 21.6 Å². The highest BCUT2D eigenvalue weighted by Crippen LogP contribution is 2.30. The van der Waals surface area contributed by atoms with Gasteiger partial charge in [0, 0.05) is 24.5 Å². The number of hydrogen-bond donors (Lipinski definition) is 2. The summed E-state index contributed by atoms with van der Waals surface area (Å²) in [6.45, 7) is 3.19. The third kappa shape index (κ3) is 5.13. The second-order valence-corrected chi connectivity index (χ2v) is 8.88. The molecule has 180 valence electrons. The standard InChI is InChI=1S/C18H16F5N3O6S/c1-2-17(7-13(25-32-17)9-3-10(19)5-11(20)4-9)16(28)24-12-6-14(31-8-12)15(27)26-33(29,30)18(21,22)23/h2-5,12,14H,1,6-8H2,(H,24,28)(H,26,27)/t12-,14-,17?/m1/s1. The molecule has 2 N–H and O–H groups in total. The minimum Gasteiger partial charge on any atom is -0.374 e. The zero-order valence-corrected chi connectivity index (χ0v) is 17.3. The van der Waals surface area contributed by atoms with Crippen molar-refractivity contribution in [3.8, 4) is 0 Å². The molecule has 0 aliphatic carbocycles. The number of alkyl halides is 3. The van der Waals surface area contributed by atoms with Gasteiger partial charge in [0.25, 0.3) is 11.8 Å². The largest absolute Gasteiger partial charge is 0.516 e. The molecule has 0 saturated carbocycles. The van der Waals surface area contributed by atoms with Gasteiger partial charge in [-0.05, 0) is 18.2 Å². The minimum absolute atomic E-state index is 0.0378. The van der Waals surface area contributed by atoms with Crippen molar-refractivity contribution >= 4 is 27.5 Å². The van der Waals surface area contributed by atoms with Gasteiger partial charge in [-0.15, -0.1) is 0 Å². The quantitative estimate of drug-likeness (QED) is 0.451. The minimum atomic E-state index is -5.91. The van der Waals surface area contributed by atoms with Gasteiger partial charge in [-0.25, -0.2) is 13.5 Å². The van der Waals surface area contributed by atoms with Crippen LogP contribution >= 0.6 is 0 Å². The Morgan fingerprint density at radius 2 is 1.85 bits per heavy atom.